The molecule has 3 atom stereocenters. The fourth-order valence-corrected chi connectivity index (χ4v) is 10.3. The van der Waals surface area contributed by atoms with Crippen molar-refractivity contribution in [2.24, 2.45) is 11.8 Å². The Hall–Kier alpha value is -3.26. The van der Waals surface area contributed by atoms with Crippen molar-refractivity contribution in [3.8, 4) is 0 Å². The molecule has 3 aromatic rings. The smallest absolute Gasteiger partial charge is 0.370 e. The second-order valence-electron chi connectivity index (χ2n) is 15.7. The van der Waals surface area contributed by atoms with E-state index in [1.54, 1.807) is 9.80 Å². The van der Waals surface area contributed by atoms with Crippen molar-refractivity contribution in [1.82, 2.24) is 20.0 Å². The minimum absolute atomic E-state index is 0.122. The predicted octanol–water partition coefficient (Wildman–Crippen LogP) is 6.50. The molecule has 7 rings (SSSR count). The Kier molecular flexibility index (Phi) is 12.4. The van der Waals surface area contributed by atoms with Crippen molar-refractivity contribution < 1.29 is 42.3 Å². The number of halogens is 2. The summed E-state index contributed by atoms with van der Waals surface area (Å²) >= 11 is 1.05. The Morgan fingerprint density at radius 3 is 2.38 bits per heavy atom. The van der Waals surface area contributed by atoms with Crippen LogP contribution >= 0.6 is 18.9 Å². The molecule has 3 N–H and O–H groups in total. The average Bonchev–Trinajstić information content (AvgIpc) is 3.86. The second kappa shape index (κ2) is 17.1. The number of hydrogen-bond acceptors (Lipinski definition) is 7. The molecule has 0 radical (unpaired) electrons. The van der Waals surface area contributed by atoms with E-state index < -0.39 is 36.8 Å². The number of morpholine rings is 1. The molecule has 0 bridgehead atoms. The molecule has 1 saturated carbocycles. The number of alkyl halides is 2. The van der Waals surface area contributed by atoms with Gasteiger partial charge >= 0.3 is 13.3 Å². The molecule has 1 aromatic heterocycles. The third-order valence-electron chi connectivity index (χ3n) is 11.9. The van der Waals surface area contributed by atoms with Crippen LogP contribution in [0.5, 0.6) is 0 Å². The maximum absolute atomic E-state index is 14.6. The molecule has 298 valence electrons. The van der Waals surface area contributed by atoms with E-state index in [1.807, 2.05) is 30.3 Å². The number of hydrogen-bond donors (Lipinski definition) is 3. The number of rotatable bonds is 11. The van der Waals surface area contributed by atoms with Crippen molar-refractivity contribution in [3.05, 3.63) is 70.6 Å². The zero-order valence-electron chi connectivity index (χ0n) is 31.0. The Labute approximate surface area is 324 Å². The number of nitrogens with one attached hydrogen (secondary N) is 1. The standard InChI is InChI=1S/C40H51F2N4O7PS/c41-40(42,54(50,51)52)31-13-14-35-30(23-31)24-36(55-35)37(47)43-32(22-27-15-18-44(19-16-27)25-28-8-3-1-4-9-28)38(48)46-17-7-12-33(46)39(49)45-20-21-53-34(26-45)29-10-5-2-6-11-29/h2,5-6,10-11,13-14,23-24,27-28,32-34H,1,3-4,7-9,12,15-22,25-26H2,(H,43,47)(H2,50,51,52)/t32?,33-,34-/m0/s1. The first-order valence-corrected chi connectivity index (χ1v) is 22.1. The molecular weight excluding hydrogens is 749 g/mol. The largest absolute Gasteiger partial charge is 0.399 e. The fourth-order valence-electron chi connectivity index (χ4n) is 8.85. The summed E-state index contributed by atoms with van der Waals surface area (Å²) in [7, 11) is -5.78. The van der Waals surface area contributed by atoms with Gasteiger partial charge in [0.05, 0.1) is 18.0 Å². The molecule has 3 saturated heterocycles. The number of carbonyl (C=O) groups excluding carboxylic acids is 3. The topological polar surface area (TPSA) is 140 Å². The van der Waals surface area contributed by atoms with Gasteiger partial charge in [0.15, 0.2) is 0 Å². The SMILES string of the molecule is O=C(NC(CC1CCN(CC2CCCCC2)CC1)C(=O)N1CCC[C@H]1C(=O)N1CCO[C@H](c2ccccc2)C1)c1cc2cc(C(F)(F)P(=O)(O)O)ccc2s1. The lowest BCUT2D eigenvalue weighted by atomic mass is 9.86. The number of thiophene rings is 1. The number of piperidine rings is 1. The minimum atomic E-state index is -5.78. The molecule has 3 amide bonds. The zero-order chi connectivity index (χ0) is 38.7. The predicted molar refractivity (Wildman–Crippen MR) is 206 cm³/mol. The van der Waals surface area contributed by atoms with Crippen LogP contribution in [0, 0.1) is 11.8 Å². The molecule has 15 heteroatoms. The fraction of sp³-hybridized carbons (Fsp3) is 0.575. The highest BCUT2D eigenvalue weighted by molar-refractivity contribution is 7.52. The van der Waals surface area contributed by atoms with Gasteiger partial charge in [-0.3, -0.25) is 18.9 Å². The van der Waals surface area contributed by atoms with E-state index in [-0.39, 0.29) is 34.1 Å². The van der Waals surface area contributed by atoms with Crippen LogP contribution in [-0.4, -0.2) is 100 Å². The van der Waals surface area contributed by atoms with Gasteiger partial charge in [-0.1, -0.05) is 55.7 Å². The van der Waals surface area contributed by atoms with Gasteiger partial charge < -0.3 is 34.5 Å². The summed E-state index contributed by atoms with van der Waals surface area (Å²) < 4.78 is 47.0. The molecule has 1 aliphatic carbocycles. The van der Waals surface area contributed by atoms with Crippen molar-refractivity contribution >= 4 is 46.7 Å². The van der Waals surface area contributed by atoms with Gasteiger partial charge in [-0.2, -0.15) is 8.78 Å². The first-order valence-electron chi connectivity index (χ1n) is 19.6. The van der Waals surface area contributed by atoms with E-state index in [1.165, 1.54) is 44.2 Å². The summed E-state index contributed by atoms with van der Waals surface area (Å²) in [6.07, 6.45) is 9.58. The van der Waals surface area contributed by atoms with Crippen LogP contribution in [0.25, 0.3) is 10.1 Å². The van der Waals surface area contributed by atoms with Gasteiger partial charge in [0, 0.05) is 29.9 Å². The van der Waals surface area contributed by atoms with Crippen LogP contribution in [0.2, 0.25) is 0 Å². The van der Waals surface area contributed by atoms with Crippen LogP contribution in [0.1, 0.15) is 91.1 Å². The highest BCUT2D eigenvalue weighted by Gasteiger charge is 2.50. The number of ether oxygens (including phenoxy) is 1. The van der Waals surface area contributed by atoms with Crippen LogP contribution in [0.3, 0.4) is 0 Å². The lowest BCUT2D eigenvalue weighted by Crippen LogP contribution is -2.56. The molecule has 1 unspecified atom stereocenters. The Morgan fingerprint density at radius 1 is 0.909 bits per heavy atom. The van der Waals surface area contributed by atoms with E-state index >= 15 is 0 Å². The van der Waals surface area contributed by atoms with Crippen LogP contribution in [0.4, 0.5) is 8.78 Å². The summed E-state index contributed by atoms with van der Waals surface area (Å²) in [5, 5.41) is 3.22. The van der Waals surface area contributed by atoms with Crippen molar-refractivity contribution in [2.75, 3.05) is 45.9 Å². The third kappa shape index (κ3) is 9.16. The number of likely N-dealkylation sites (tertiary alicyclic amines) is 2. The summed E-state index contributed by atoms with van der Waals surface area (Å²) in [6, 6.07) is 12.9. The van der Waals surface area contributed by atoms with E-state index in [0.717, 1.165) is 67.4 Å². The Balaban J connectivity index is 1.07. The maximum atomic E-state index is 14.6. The molecule has 11 nitrogen and oxygen atoms in total. The number of amides is 3. The number of benzene rings is 2. The van der Waals surface area contributed by atoms with Crippen LogP contribution in [-0.2, 0) is 24.6 Å². The van der Waals surface area contributed by atoms with Crippen LogP contribution in [0.15, 0.2) is 54.6 Å². The molecule has 4 fully saturated rings. The lowest BCUT2D eigenvalue weighted by molar-refractivity contribution is -0.149. The van der Waals surface area contributed by atoms with Crippen molar-refractivity contribution in [3.63, 3.8) is 0 Å². The number of nitrogens with zero attached hydrogens (tertiary/aromatic N) is 3. The van der Waals surface area contributed by atoms with Gasteiger partial charge in [0.2, 0.25) is 11.8 Å². The third-order valence-corrected chi connectivity index (χ3v) is 14.0. The van der Waals surface area contributed by atoms with Crippen LogP contribution < -0.4 is 5.32 Å². The first-order chi connectivity index (χ1) is 26.4. The van der Waals surface area contributed by atoms with E-state index in [2.05, 4.69) is 10.2 Å². The first kappa shape index (κ1) is 40.0. The zero-order valence-corrected chi connectivity index (χ0v) is 32.7. The molecule has 2 aromatic carbocycles. The summed E-state index contributed by atoms with van der Waals surface area (Å²) in [5.74, 6) is -0.0498. The molecule has 55 heavy (non-hydrogen) atoms. The monoisotopic (exact) mass is 800 g/mol. The van der Waals surface area contributed by atoms with Gasteiger partial charge in [-0.25, -0.2) is 0 Å². The highest BCUT2D eigenvalue weighted by atomic mass is 32.1. The van der Waals surface area contributed by atoms with Gasteiger partial charge in [0.1, 0.15) is 18.2 Å². The maximum Gasteiger partial charge on any atom is 0.399 e. The van der Waals surface area contributed by atoms with E-state index in [0.29, 0.717) is 50.2 Å². The van der Waals surface area contributed by atoms with Gasteiger partial charge in [-0.15, -0.1) is 11.3 Å². The van der Waals surface area contributed by atoms with Gasteiger partial charge in [-0.05, 0) is 99.0 Å². The Morgan fingerprint density at radius 2 is 1.65 bits per heavy atom. The Bertz CT molecular complexity index is 1880. The average molecular weight is 801 g/mol. The van der Waals surface area contributed by atoms with Gasteiger partial charge in [0.25, 0.3) is 5.91 Å². The minimum Gasteiger partial charge on any atom is -0.370 e. The normalized spacial score (nSPS) is 22.9. The van der Waals surface area contributed by atoms with Crippen molar-refractivity contribution in [2.45, 2.75) is 88.1 Å². The van der Waals surface area contributed by atoms with Crippen molar-refractivity contribution in [1.29, 1.82) is 0 Å². The summed E-state index contributed by atoms with van der Waals surface area (Å²) in [5.41, 5.74) is -4.25. The lowest BCUT2D eigenvalue weighted by Gasteiger charge is -2.38. The molecule has 0 spiro atoms. The number of carbonyl (C=O) groups is 3. The molecule has 4 heterocycles. The van der Waals surface area contributed by atoms with E-state index in [9.17, 15) is 37.5 Å². The number of fused-ring (bicyclic) bond motifs is 1. The van der Waals surface area contributed by atoms with E-state index in [4.69, 9.17) is 4.74 Å². The molecular formula is C40H51F2N4O7PS. The highest BCUT2D eigenvalue weighted by Crippen LogP contribution is 2.59. The quantitative estimate of drug-likeness (QED) is 0.187. The molecule has 3 aliphatic heterocycles. The summed E-state index contributed by atoms with van der Waals surface area (Å²) in [6.45, 7) is 4.55. The summed E-state index contributed by atoms with van der Waals surface area (Å²) in [4.78, 5) is 67.2. The molecule has 4 aliphatic rings. The second-order valence-corrected chi connectivity index (χ2v) is 18.4.